The topological polar surface area (TPSA) is 76.9 Å². The van der Waals surface area contributed by atoms with Crippen molar-refractivity contribution in [3.8, 4) is 11.5 Å². The van der Waals surface area contributed by atoms with Crippen molar-refractivity contribution in [2.24, 2.45) is 11.8 Å². The Bertz CT molecular complexity index is 948. The molecule has 0 saturated carbocycles. The molecule has 0 bridgehead atoms. The van der Waals surface area contributed by atoms with Gasteiger partial charge in [-0.15, -0.1) is 0 Å². The molecule has 0 aliphatic carbocycles. The van der Waals surface area contributed by atoms with Crippen LogP contribution in [0.2, 0.25) is 0 Å². The number of benzene rings is 1. The summed E-state index contributed by atoms with van der Waals surface area (Å²) in [7, 11) is 1.59. The molecule has 28 heavy (non-hydrogen) atoms. The molecule has 1 amide bonds. The molecule has 3 heterocycles. The van der Waals surface area contributed by atoms with Gasteiger partial charge in [0, 0.05) is 30.1 Å². The Morgan fingerprint density at radius 2 is 2.18 bits per heavy atom. The lowest BCUT2D eigenvalue weighted by atomic mass is 9.88. The van der Waals surface area contributed by atoms with E-state index in [0.717, 1.165) is 24.4 Å². The van der Waals surface area contributed by atoms with Crippen molar-refractivity contribution >= 4 is 17.2 Å². The molecular formula is C21H24N4O3. The SMILES string of the molecule is COc1ccc(NC(=O)C(C)C2CNC2)cc1OCc1cn2ccccc2n1. The maximum Gasteiger partial charge on any atom is 0.227 e. The lowest BCUT2D eigenvalue weighted by Gasteiger charge is -2.31. The predicted octanol–water partition coefficient (Wildman–Crippen LogP) is 2.72. The zero-order valence-electron chi connectivity index (χ0n) is 16.0. The molecule has 146 valence electrons. The second kappa shape index (κ2) is 7.90. The summed E-state index contributed by atoms with van der Waals surface area (Å²) in [5.41, 5.74) is 2.37. The highest BCUT2D eigenvalue weighted by Gasteiger charge is 2.28. The molecule has 2 N–H and O–H groups in total. The minimum Gasteiger partial charge on any atom is -0.493 e. The second-order valence-corrected chi connectivity index (χ2v) is 7.05. The van der Waals surface area contributed by atoms with Crippen LogP contribution in [0, 0.1) is 11.8 Å². The van der Waals surface area contributed by atoms with Crippen LogP contribution in [-0.4, -0.2) is 35.5 Å². The third-order valence-corrected chi connectivity index (χ3v) is 5.15. The molecule has 1 aromatic carbocycles. The van der Waals surface area contributed by atoms with E-state index in [4.69, 9.17) is 9.47 Å². The molecule has 2 aromatic heterocycles. The number of anilines is 1. The van der Waals surface area contributed by atoms with Crippen LogP contribution in [0.3, 0.4) is 0 Å². The van der Waals surface area contributed by atoms with Crippen molar-refractivity contribution in [2.45, 2.75) is 13.5 Å². The van der Waals surface area contributed by atoms with E-state index < -0.39 is 0 Å². The highest BCUT2D eigenvalue weighted by Crippen LogP contribution is 2.31. The van der Waals surface area contributed by atoms with Crippen LogP contribution in [0.25, 0.3) is 5.65 Å². The summed E-state index contributed by atoms with van der Waals surface area (Å²) in [5.74, 6) is 1.55. The minimum absolute atomic E-state index is 0.0166. The summed E-state index contributed by atoms with van der Waals surface area (Å²) < 4.78 is 13.3. The van der Waals surface area contributed by atoms with Crippen molar-refractivity contribution in [2.75, 3.05) is 25.5 Å². The Morgan fingerprint density at radius 1 is 1.32 bits per heavy atom. The number of carbonyl (C=O) groups excluding carboxylic acids is 1. The highest BCUT2D eigenvalue weighted by atomic mass is 16.5. The van der Waals surface area contributed by atoms with Gasteiger partial charge in [-0.25, -0.2) is 4.98 Å². The molecule has 4 rings (SSSR count). The van der Waals surface area contributed by atoms with Gasteiger partial charge in [-0.1, -0.05) is 13.0 Å². The van der Waals surface area contributed by atoms with E-state index in [1.54, 1.807) is 19.2 Å². The zero-order valence-corrected chi connectivity index (χ0v) is 16.0. The van der Waals surface area contributed by atoms with Gasteiger partial charge in [-0.05, 0) is 43.3 Å². The van der Waals surface area contributed by atoms with Crippen LogP contribution in [-0.2, 0) is 11.4 Å². The summed E-state index contributed by atoms with van der Waals surface area (Å²) in [6, 6.07) is 11.2. The lowest BCUT2D eigenvalue weighted by molar-refractivity contribution is -0.121. The van der Waals surface area contributed by atoms with Crippen molar-refractivity contribution in [3.05, 3.63) is 54.5 Å². The molecular weight excluding hydrogens is 356 g/mol. The zero-order chi connectivity index (χ0) is 19.5. The number of rotatable bonds is 7. The molecule has 0 radical (unpaired) electrons. The van der Waals surface area contributed by atoms with Crippen LogP contribution < -0.4 is 20.1 Å². The van der Waals surface area contributed by atoms with E-state index in [0.29, 0.717) is 29.7 Å². The first-order chi connectivity index (χ1) is 13.6. The quantitative estimate of drug-likeness (QED) is 0.659. The number of nitrogens with one attached hydrogen (secondary N) is 2. The first-order valence-electron chi connectivity index (χ1n) is 9.39. The summed E-state index contributed by atoms with van der Waals surface area (Å²) in [6.45, 7) is 4.06. The summed E-state index contributed by atoms with van der Waals surface area (Å²) in [4.78, 5) is 17.0. The molecule has 3 aromatic rings. The van der Waals surface area contributed by atoms with Gasteiger partial charge in [0.2, 0.25) is 5.91 Å². The average molecular weight is 380 g/mol. The number of methoxy groups -OCH3 is 1. The Hall–Kier alpha value is -3.06. The molecule has 0 spiro atoms. The lowest BCUT2D eigenvalue weighted by Crippen LogP contribution is -2.48. The van der Waals surface area contributed by atoms with Gasteiger partial charge in [0.25, 0.3) is 0 Å². The number of hydrogen-bond donors (Lipinski definition) is 2. The van der Waals surface area contributed by atoms with E-state index in [9.17, 15) is 4.79 Å². The van der Waals surface area contributed by atoms with Gasteiger partial charge in [0.15, 0.2) is 11.5 Å². The molecule has 1 saturated heterocycles. The van der Waals surface area contributed by atoms with E-state index in [1.807, 2.05) is 48.0 Å². The molecule has 7 nitrogen and oxygen atoms in total. The van der Waals surface area contributed by atoms with Crippen LogP contribution in [0.15, 0.2) is 48.8 Å². The average Bonchev–Trinajstić information content (AvgIpc) is 3.08. The monoisotopic (exact) mass is 380 g/mol. The Balaban J connectivity index is 1.46. The van der Waals surface area contributed by atoms with Gasteiger partial charge in [0.05, 0.1) is 12.8 Å². The minimum atomic E-state index is -0.0364. The summed E-state index contributed by atoms with van der Waals surface area (Å²) in [6.07, 6.45) is 3.88. The number of aromatic nitrogens is 2. The molecule has 1 atom stereocenters. The van der Waals surface area contributed by atoms with Crippen LogP contribution in [0.5, 0.6) is 11.5 Å². The van der Waals surface area contributed by atoms with Crippen molar-refractivity contribution in [3.63, 3.8) is 0 Å². The highest BCUT2D eigenvalue weighted by molar-refractivity contribution is 5.93. The number of imidazole rings is 1. The Kier molecular flexibility index (Phi) is 5.16. The molecule has 1 aliphatic rings. The van der Waals surface area contributed by atoms with E-state index in [1.165, 1.54) is 0 Å². The van der Waals surface area contributed by atoms with Crippen molar-refractivity contribution in [1.29, 1.82) is 0 Å². The Morgan fingerprint density at radius 3 is 2.89 bits per heavy atom. The number of amides is 1. The number of ether oxygens (including phenoxy) is 2. The van der Waals surface area contributed by atoms with E-state index in [2.05, 4.69) is 15.6 Å². The number of pyridine rings is 1. The first kappa shape index (κ1) is 18.3. The fourth-order valence-corrected chi connectivity index (χ4v) is 3.21. The van der Waals surface area contributed by atoms with E-state index in [-0.39, 0.29) is 11.8 Å². The maximum atomic E-state index is 12.5. The standard InChI is InChI=1S/C21H24N4O3/c1-14(15-10-22-11-15)21(26)24-16-6-7-18(27-2)19(9-16)28-13-17-12-25-8-4-3-5-20(25)23-17/h3-9,12,14-15,22H,10-11,13H2,1-2H3,(H,24,26). The largest absolute Gasteiger partial charge is 0.493 e. The number of fused-ring (bicyclic) bond motifs is 1. The number of hydrogen-bond acceptors (Lipinski definition) is 5. The fourth-order valence-electron chi connectivity index (χ4n) is 3.21. The molecule has 1 fully saturated rings. The van der Waals surface area contributed by atoms with Gasteiger partial charge in [0.1, 0.15) is 12.3 Å². The number of nitrogens with zero attached hydrogens (tertiary/aromatic N) is 2. The maximum absolute atomic E-state index is 12.5. The molecule has 1 unspecified atom stereocenters. The molecule has 1 aliphatic heterocycles. The van der Waals surface area contributed by atoms with Gasteiger partial charge >= 0.3 is 0 Å². The third kappa shape index (κ3) is 3.80. The van der Waals surface area contributed by atoms with Crippen molar-refractivity contribution in [1.82, 2.24) is 14.7 Å². The van der Waals surface area contributed by atoms with Crippen LogP contribution in [0.4, 0.5) is 5.69 Å². The van der Waals surface area contributed by atoms with Gasteiger partial charge < -0.3 is 24.5 Å². The fraction of sp³-hybridized carbons (Fsp3) is 0.333. The second-order valence-electron chi connectivity index (χ2n) is 7.05. The number of carbonyl (C=O) groups is 1. The van der Waals surface area contributed by atoms with Gasteiger partial charge in [-0.3, -0.25) is 4.79 Å². The van der Waals surface area contributed by atoms with Crippen LogP contribution in [0.1, 0.15) is 12.6 Å². The summed E-state index contributed by atoms with van der Waals surface area (Å²) in [5, 5.41) is 6.18. The van der Waals surface area contributed by atoms with Crippen molar-refractivity contribution < 1.29 is 14.3 Å². The van der Waals surface area contributed by atoms with Crippen LogP contribution >= 0.6 is 0 Å². The predicted molar refractivity (Wildman–Crippen MR) is 107 cm³/mol. The Labute approximate surface area is 163 Å². The first-order valence-corrected chi connectivity index (χ1v) is 9.39. The van der Waals surface area contributed by atoms with Gasteiger partial charge in [-0.2, -0.15) is 0 Å². The summed E-state index contributed by atoms with van der Waals surface area (Å²) >= 11 is 0. The smallest absolute Gasteiger partial charge is 0.227 e. The normalized spacial score (nSPS) is 15.1. The van der Waals surface area contributed by atoms with E-state index >= 15 is 0 Å². The third-order valence-electron chi connectivity index (χ3n) is 5.15. The molecule has 7 heteroatoms.